The van der Waals surface area contributed by atoms with Crippen molar-refractivity contribution in [3.8, 4) is 0 Å². The Bertz CT molecular complexity index is 355. The van der Waals surface area contributed by atoms with Gasteiger partial charge in [0, 0.05) is 17.9 Å². The number of carbonyl (C=O) groups excluding carboxylic acids is 1. The number of aliphatic hydroxyl groups excluding tert-OH is 1. The largest absolute Gasteiger partial charge is 0.396 e. The molecule has 0 fully saturated rings. The molecule has 0 saturated carbocycles. The molecule has 2 N–H and O–H groups in total. The first kappa shape index (κ1) is 11.5. The van der Waals surface area contributed by atoms with Crippen LogP contribution in [0.2, 0.25) is 0 Å². The average Bonchev–Trinajstić information content (AvgIpc) is 2.78. The number of fused-ring (bicyclic) bond motifs is 1. The maximum absolute atomic E-state index is 11.5. The van der Waals surface area contributed by atoms with Crippen molar-refractivity contribution in [1.82, 2.24) is 4.98 Å². The van der Waals surface area contributed by atoms with Gasteiger partial charge in [-0.3, -0.25) is 4.79 Å². The van der Waals surface area contributed by atoms with Crippen LogP contribution in [0.1, 0.15) is 36.3 Å². The number of aromatic nitrogens is 1. The first-order valence-electron chi connectivity index (χ1n) is 5.69. The Balaban J connectivity index is 1.82. The molecule has 4 nitrogen and oxygen atoms in total. The molecular weight excluding hydrogens is 224 g/mol. The van der Waals surface area contributed by atoms with E-state index in [1.54, 1.807) is 11.3 Å². The summed E-state index contributed by atoms with van der Waals surface area (Å²) in [6.07, 6.45) is 5.22. The monoisotopic (exact) mass is 240 g/mol. The van der Waals surface area contributed by atoms with Gasteiger partial charge in [-0.15, -0.1) is 11.3 Å². The zero-order chi connectivity index (χ0) is 11.4. The molecule has 0 radical (unpaired) electrons. The second-order valence-corrected chi connectivity index (χ2v) is 5.05. The highest BCUT2D eigenvalue weighted by Gasteiger charge is 2.17. The SMILES string of the molecule is O=C(CCCCO)Nc1nc2c(s1)CCC2. The molecule has 0 aromatic carbocycles. The number of aryl methyl sites for hydroxylation is 2. The Morgan fingerprint density at radius 2 is 2.31 bits per heavy atom. The second kappa shape index (κ2) is 5.41. The maximum atomic E-state index is 11.5. The minimum Gasteiger partial charge on any atom is -0.396 e. The number of hydrogen-bond donors (Lipinski definition) is 2. The highest BCUT2D eigenvalue weighted by molar-refractivity contribution is 7.15. The number of nitrogens with zero attached hydrogens (tertiary/aromatic N) is 1. The molecule has 0 atom stereocenters. The lowest BCUT2D eigenvalue weighted by atomic mass is 10.2. The van der Waals surface area contributed by atoms with Gasteiger partial charge in [0.2, 0.25) is 5.91 Å². The van der Waals surface area contributed by atoms with Gasteiger partial charge in [-0.2, -0.15) is 0 Å². The molecule has 0 spiro atoms. The van der Waals surface area contributed by atoms with Gasteiger partial charge in [-0.1, -0.05) is 0 Å². The molecular formula is C11H16N2O2S. The topological polar surface area (TPSA) is 62.2 Å². The number of rotatable bonds is 5. The van der Waals surface area contributed by atoms with E-state index in [1.807, 2.05) is 0 Å². The zero-order valence-corrected chi connectivity index (χ0v) is 9.98. The molecule has 1 amide bonds. The molecule has 0 unspecified atom stereocenters. The third-order valence-electron chi connectivity index (χ3n) is 2.65. The summed E-state index contributed by atoms with van der Waals surface area (Å²) in [6.45, 7) is 0.152. The molecule has 0 aliphatic heterocycles. The minimum atomic E-state index is 0.000809. The number of carbonyl (C=O) groups is 1. The summed E-state index contributed by atoms with van der Waals surface area (Å²) in [7, 11) is 0. The normalized spacial score (nSPS) is 13.8. The fraction of sp³-hybridized carbons (Fsp3) is 0.636. The van der Waals surface area contributed by atoms with E-state index in [0.717, 1.165) is 30.1 Å². The van der Waals surface area contributed by atoms with E-state index in [2.05, 4.69) is 10.3 Å². The van der Waals surface area contributed by atoms with Gasteiger partial charge in [0.15, 0.2) is 5.13 Å². The van der Waals surface area contributed by atoms with Crippen LogP contribution in [-0.2, 0) is 17.6 Å². The van der Waals surface area contributed by atoms with E-state index in [9.17, 15) is 4.79 Å². The van der Waals surface area contributed by atoms with E-state index >= 15 is 0 Å². The number of unbranched alkanes of at least 4 members (excludes halogenated alkanes) is 1. The minimum absolute atomic E-state index is 0.000809. The summed E-state index contributed by atoms with van der Waals surface area (Å²) in [5.74, 6) is 0.000809. The smallest absolute Gasteiger partial charge is 0.226 e. The van der Waals surface area contributed by atoms with Gasteiger partial charge >= 0.3 is 0 Å². The van der Waals surface area contributed by atoms with Gasteiger partial charge in [0.1, 0.15) is 0 Å². The summed E-state index contributed by atoms with van der Waals surface area (Å²) in [6, 6.07) is 0. The van der Waals surface area contributed by atoms with E-state index in [-0.39, 0.29) is 12.5 Å². The fourth-order valence-corrected chi connectivity index (χ4v) is 2.89. The molecule has 1 aliphatic carbocycles. The van der Waals surface area contributed by atoms with E-state index < -0.39 is 0 Å². The van der Waals surface area contributed by atoms with E-state index in [1.165, 1.54) is 11.3 Å². The van der Waals surface area contributed by atoms with Crippen LogP contribution < -0.4 is 5.32 Å². The zero-order valence-electron chi connectivity index (χ0n) is 9.16. The summed E-state index contributed by atoms with van der Waals surface area (Å²) < 4.78 is 0. The Labute approximate surface area is 98.7 Å². The maximum Gasteiger partial charge on any atom is 0.226 e. The van der Waals surface area contributed by atoms with Gasteiger partial charge in [-0.25, -0.2) is 4.98 Å². The van der Waals surface area contributed by atoms with Crippen molar-refractivity contribution < 1.29 is 9.90 Å². The number of aliphatic hydroxyl groups is 1. The van der Waals surface area contributed by atoms with E-state index in [0.29, 0.717) is 12.8 Å². The molecule has 0 saturated heterocycles. The molecule has 0 bridgehead atoms. The first-order chi connectivity index (χ1) is 7.79. The number of hydrogen-bond acceptors (Lipinski definition) is 4. The summed E-state index contributed by atoms with van der Waals surface area (Å²) in [4.78, 5) is 17.2. The van der Waals surface area contributed by atoms with Crippen LogP contribution in [0.4, 0.5) is 5.13 Å². The van der Waals surface area contributed by atoms with Crippen molar-refractivity contribution in [2.45, 2.75) is 38.5 Å². The van der Waals surface area contributed by atoms with Crippen molar-refractivity contribution in [2.24, 2.45) is 0 Å². The van der Waals surface area contributed by atoms with Crippen LogP contribution in [0.15, 0.2) is 0 Å². The molecule has 1 aliphatic rings. The summed E-state index contributed by atoms with van der Waals surface area (Å²) in [5, 5.41) is 12.2. The fourth-order valence-electron chi connectivity index (χ4n) is 1.82. The number of amides is 1. The summed E-state index contributed by atoms with van der Waals surface area (Å²) >= 11 is 1.60. The van der Waals surface area contributed by atoms with Crippen LogP contribution in [0.5, 0.6) is 0 Å². The molecule has 1 aromatic rings. The van der Waals surface area contributed by atoms with Crippen molar-refractivity contribution in [3.63, 3.8) is 0 Å². The second-order valence-electron chi connectivity index (χ2n) is 3.97. The highest BCUT2D eigenvalue weighted by Crippen LogP contribution is 2.30. The Kier molecular flexibility index (Phi) is 3.90. The van der Waals surface area contributed by atoms with Crippen LogP contribution in [-0.4, -0.2) is 22.6 Å². The molecule has 2 rings (SSSR count). The molecule has 1 aromatic heterocycles. The molecule has 5 heteroatoms. The lowest BCUT2D eigenvalue weighted by Gasteiger charge is -2.00. The average molecular weight is 240 g/mol. The van der Waals surface area contributed by atoms with Crippen LogP contribution in [0.25, 0.3) is 0 Å². The van der Waals surface area contributed by atoms with Crippen molar-refractivity contribution >= 4 is 22.4 Å². The predicted octanol–water partition coefficient (Wildman–Crippen LogP) is 1.73. The van der Waals surface area contributed by atoms with Crippen LogP contribution in [0, 0.1) is 0 Å². The third kappa shape index (κ3) is 2.80. The van der Waals surface area contributed by atoms with Crippen molar-refractivity contribution in [1.29, 1.82) is 0 Å². The Morgan fingerprint density at radius 1 is 1.44 bits per heavy atom. The number of anilines is 1. The Hall–Kier alpha value is -0.940. The first-order valence-corrected chi connectivity index (χ1v) is 6.50. The van der Waals surface area contributed by atoms with Crippen LogP contribution >= 0.6 is 11.3 Å². The predicted molar refractivity (Wildman–Crippen MR) is 63.7 cm³/mol. The van der Waals surface area contributed by atoms with Gasteiger partial charge in [0.05, 0.1) is 5.69 Å². The van der Waals surface area contributed by atoms with Gasteiger partial charge in [0.25, 0.3) is 0 Å². The van der Waals surface area contributed by atoms with Crippen molar-refractivity contribution in [3.05, 3.63) is 10.6 Å². The number of nitrogens with one attached hydrogen (secondary N) is 1. The quantitative estimate of drug-likeness (QED) is 0.770. The standard InChI is InChI=1S/C11H16N2O2S/c14-7-2-1-6-10(15)13-11-12-8-4-3-5-9(8)16-11/h14H,1-7H2,(H,12,13,15). The Morgan fingerprint density at radius 3 is 3.06 bits per heavy atom. The van der Waals surface area contributed by atoms with Gasteiger partial charge in [-0.05, 0) is 32.1 Å². The van der Waals surface area contributed by atoms with E-state index in [4.69, 9.17) is 5.11 Å². The van der Waals surface area contributed by atoms with Gasteiger partial charge < -0.3 is 10.4 Å². The van der Waals surface area contributed by atoms with Crippen LogP contribution in [0.3, 0.4) is 0 Å². The third-order valence-corrected chi connectivity index (χ3v) is 3.73. The van der Waals surface area contributed by atoms with Crippen molar-refractivity contribution in [2.75, 3.05) is 11.9 Å². The summed E-state index contributed by atoms with van der Waals surface area (Å²) in [5.41, 5.74) is 1.16. The highest BCUT2D eigenvalue weighted by atomic mass is 32.1. The lowest BCUT2D eigenvalue weighted by Crippen LogP contribution is -2.11. The molecule has 88 valence electrons. The molecule has 16 heavy (non-hydrogen) atoms. The number of thiazole rings is 1. The molecule has 1 heterocycles. The lowest BCUT2D eigenvalue weighted by molar-refractivity contribution is -0.116.